The Kier molecular flexibility index (Phi) is 7.78. The van der Waals surface area contributed by atoms with E-state index in [1.165, 1.54) is 49.7 Å². The van der Waals surface area contributed by atoms with Crippen LogP contribution >= 0.6 is 0 Å². The molecule has 0 unspecified atom stereocenters. The molecule has 2 aromatic carbocycles. The molecule has 7 fully saturated rings. The first-order valence-corrected chi connectivity index (χ1v) is 17.7. The second-order valence-corrected chi connectivity index (χ2v) is 15.3. The first kappa shape index (κ1) is 29.8. The van der Waals surface area contributed by atoms with Gasteiger partial charge in [-0.1, -0.05) is 88.1 Å². The number of hydrogen-bond donors (Lipinski definition) is 0. The van der Waals surface area contributed by atoms with E-state index in [0.717, 1.165) is 74.0 Å². The fraction of sp³-hybridized carbons (Fsp3) is 0.600. The molecule has 0 radical (unpaired) electrons. The highest BCUT2D eigenvalue weighted by atomic mass is 16.2. The molecule has 0 saturated heterocycles. The Labute approximate surface area is 262 Å². The lowest BCUT2D eigenvalue weighted by Crippen LogP contribution is -2.69. The van der Waals surface area contributed by atoms with E-state index < -0.39 is 0 Å². The molecule has 9 rings (SSSR count). The van der Waals surface area contributed by atoms with Crippen LogP contribution in [0.1, 0.15) is 136 Å². The number of carbonyl (C=O) groups excluding carboxylic acids is 4. The Morgan fingerprint density at radius 3 is 1.07 bits per heavy atom. The van der Waals surface area contributed by atoms with Gasteiger partial charge < -0.3 is 0 Å². The fourth-order valence-corrected chi connectivity index (χ4v) is 11.2. The molecule has 0 heterocycles. The SMILES string of the molecule is CCCCCC(=O)C(=O)c1ccc(C23CC4C5C[C@]6(c7ccc(C(=O)C(=O)CCCCC)cc7)CC4[C@H](C2)C(C6)[C@H]5C3)cc1. The van der Waals surface area contributed by atoms with Crippen molar-refractivity contribution in [1.82, 2.24) is 0 Å². The number of ketones is 4. The first-order valence-electron chi connectivity index (χ1n) is 17.7. The van der Waals surface area contributed by atoms with Crippen LogP contribution in [0.25, 0.3) is 0 Å². The summed E-state index contributed by atoms with van der Waals surface area (Å²) in [7, 11) is 0. The maximum Gasteiger partial charge on any atom is 0.228 e. The summed E-state index contributed by atoms with van der Waals surface area (Å²) in [6, 6.07) is 16.4. The van der Waals surface area contributed by atoms with Crippen LogP contribution < -0.4 is 0 Å². The number of benzene rings is 2. The minimum absolute atomic E-state index is 0.221. The van der Waals surface area contributed by atoms with Crippen molar-refractivity contribution in [2.45, 2.75) is 115 Å². The van der Waals surface area contributed by atoms with Gasteiger partial charge in [0.25, 0.3) is 0 Å². The third-order valence-electron chi connectivity index (χ3n) is 13.1. The van der Waals surface area contributed by atoms with Gasteiger partial charge in [-0.25, -0.2) is 0 Å². The van der Waals surface area contributed by atoms with Gasteiger partial charge in [-0.2, -0.15) is 0 Å². The molecule has 232 valence electrons. The van der Waals surface area contributed by atoms with Crippen molar-refractivity contribution in [2.24, 2.45) is 35.5 Å². The van der Waals surface area contributed by atoms with Gasteiger partial charge in [-0.05, 0) is 109 Å². The number of hydrogen-bond acceptors (Lipinski definition) is 4. The summed E-state index contributed by atoms with van der Waals surface area (Å²) in [5.74, 6) is 3.52. The predicted octanol–water partition coefficient (Wildman–Crippen LogP) is 8.63. The minimum atomic E-state index is -0.325. The molecule has 4 nitrogen and oxygen atoms in total. The van der Waals surface area contributed by atoms with Gasteiger partial charge in [0.2, 0.25) is 23.1 Å². The van der Waals surface area contributed by atoms with Crippen LogP contribution in [-0.4, -0.2) is 23.1 Å². The maximum absolute atomic E-state index is 12.8. The van der Waals surface area contributed by atoms with Crippen molar-refractivity contribution >= 4 is 23.1 Å². The average molecular weight is 593 g/mol. The molecular formula is C40H48O4. The predicted molar refractivity (Wildman–Crippen MR) is 172 cm³/mol. The van der Waals surface area contributed by atoms with Crippen LogP contribution in [0.4, 0.5) is 0 Å². The largest absolute Gasteiger partial charge is 0.290 e. The monoisotopic (exact) mass is 592 g/mol. The van der Waals surface area contributed by atoms with E-state index in [4.69, 9.17) is 0 Å². The van der Waals surface area contributed by atoms with Gasteiger partial charge in [0, 0.05) is 24.0 Å². The van der Waals surface area contributed by atoms with E-state index in [1.54, 1.807) is 0 Å². The van der Waals surface area contributed by atoms with E-state index in [2.05, 4.69) is 38.1 Å². The molecule has 44 heavy (non-hydrogen) atoms. The summed E-state index contributed by atoms with van der Waals surface area (Å²) in [5.41, 5.74) is 4.32. The summed E-state index contributed by atoms with van der Waals surface area (Å²) in [6.45, 7) is 4.21. The lowest BCUT2D eigenvalue weighted by Gasteiger charge is -2.75. The van der Waals surface area contributed by atoms with Gasteiger partial charge in [-0.3, -0.25) is 19.2 Å². The molecule has 0 spiro atoms. The van der Waals surface area contributed by atoms with Crippen LogP contribution in [0.15, 0.2) is 48.5 Å². The Bertz CT molecular complexity index is 1270. The van der Waals surface area contributed by atoms with E-state index in [-0.39, 0.29) is 34.0 Å². The van der Waals surface area contributed by atoms with Gasteiger partial charge >= 0.3 is 0 Å². The molecule has 7 aliphatic rings. The minimum Gasteiger partial charge on any atom is -0.290 e. The van der Waals surface area contributed by atoms with Crippen LogP contribution in [-0.2, 0) is 20.4 Å². The van der Waals surface area contributed by atoms with Gasteiger partial charge in [0.1, 0.15) is 0 Å². The zero-order chi connectivity index (χ0) is 30.6. The summed E-state index contributed by atoms with van der Waals surface area (Å²) < 4.78 is 0. The molecule has 0 aromatic heterocycles. The highest BCUT2D eigenvalue weighted by Crippen LogP contribution is 2.77. The fourth-order valence-electron chi connectivity index (χ4n) is 11.2. The van der Waals surface area contributed by atoms with E-state index in [1.807, 2.05) is 24.3 Å². The average Bonchev–Trinajstić information content (AvgIpc) is 3.06. The lowest BCUT2D eigenvalue weighted by atomic mass is 9.29. The quantitative estimate of drug-likeness (QED) is 0.125. The van der Waals surface area contributed by atoms with Gasteiger partial charge in [-0.15, -0.1) is 0 Å². The van der Waals surface area contributed by atoms with Gasteiger partial charge in [0.15, 0.2) is 0 Å². The van der Waals surface area contributed by atoms with Crippen molar-refractivity contribution in [3.05, 3.63) is 70.8 Å². The second-order valence-electron chi connectivity index (χ2n) is 15.3. The topological polar surface area (TPSA) is 68.3 Å². The van der Waals surface area contributed by atoms with E-state index >= 15 is 0 Å². The van der Waals surface area contributed by atoms with Crippen LogP contribution in [0.2, 0.25) is 0 Å². The normalized spacial score (nSPS) is 34.0. The summed E-state index contributed by atoms with van der Waals surface area (Å²) in [5, 5.41) is 0. The molecule has 2 aromatic rings. The molecule has 0 aliphatic heterocycles. The first-order chi connectivity index (χ1) is 21.3. The van der Waals surface area contributed by atoms with Crippen molar-refractivity contribution in [3.8, 4) is 0 Å². The molecule has 4 heteroatoms. The molecular weight excluding hydrogens is 544 g/mol. The summed E-state index contributed by atoms with van der Waals surface area (Å²) in [6.07, 6.45) is 13.9. The standard InChI is InChI=1S/C40H48O4/c1-3-5-7-9-35(41)37(43)25-11-15-27(16-12-25)39-19-29-32-22-40(23-33(29)31(21-39)34(24-40)30(32)20-39)28-17-13-26(14-18-28)38(44)36(42)10-8-6-4-2/h11-18,29-34H,3-10,19-24H2,1-2H3/t29-,30-,31?,32?,33?,34?,39?,40-/m1/s1. The zero-order valence-electron chi connectivity index (χ0n) is 26.6. The second kappa shape index (κ2) is 11.5. The third-order valence-corrected chi connectivity index (χ3v) is 13.1. The number of rotatable bonds is 14. The molecule has 0 N–H and O–H groups in total. The lowest BCUT2D eigenvalue weighted by molar-refractivity contribution is -0.221. The number of unbranched alkanes of at least 4 members (excludes halogenated alkanes) is 4. The molecule has 7 aliphatic carbocycles. The number of carbonyl (C=O) groups is 4. The van der Waals surface area contributed by atoms with Crippen LogP contribution in [0.5, 0.6) is 0 Å². The highest BCUT2D eigenvalue weighted by molar-refractivity contribution is 6.44. The zero-order valence-corrected chi connectivity index (χ0v) is 26.6. The van der Waals surface area contributed by atoms with E-state index in [9.17, 15) is 19.2 Å². The molecule has 0 atom stereocenters. The van der Waals surface area contributed by atoms with Crippen molar-refractivity contribution < 1.29 is 19.2 Å². The Balaban J connectivity index is 1.05. The van der Waals surface area contributed by atoms with Crippen molar-refractivity contribution in [2.75, 3.05) is 0 Å². The van der Waals surface area contributed by atoms with Gasteiger partial charge in [0.05, 0.1) is 0 Å². The molecule has 7 saturated carbocycles. The van der Waals surface area contributed by atoms with Crippen molar-refractivity contribution in [1.29, 1.82) is 0 Å². The maximum atomic E-state index is 12.8. The Morgan fingerprint density at radius 1 is 0.500 bits per heavy atom. The molecule has 8 bridgehead atoms. The highest BCUT2D eigenvalue weighted by Gasteiger charge is 2.70. The summed E-state index contributed by atoms with van der Waals surface area (Å²) >= 11 is 0. The Morgan fingerprint density at radius 2 is 0.795 bits per heavy atom. The third kappa shape index (κ3) is 4.77. The van der Waals surface area contributed by atoms with Crippen LogP contribution in [0.3, 0.4) is 0 Å². The van der Waals surface area contributed by atoms with Crippen molar-refractivity contribution in [3.63, 3.8) is 0 Å². The van der Waals surface area contributed by atoms with Crippen LogP contribution in [0, 0.1) is 35.5 Å². The molecule has 0 amide bonds. The van der Waals surface area contributed by atoms with E-state index in [0.29, 0.717) is 24.0 Å². The Hall–Kier alpha value is -2.88. The smallest absolute Gasteiger partial charge is 0.228 e. The summed E-state index contributed by atoms with van der Waals surface area (Å²) in [4.78, 5) is 50.4. The number of Topliss-reactive ketones (excluding diaryl/α,β-unsaturated/α-hetero) is 4.